The molecule has 2 rings (SSSR count). The quantitative estimate of drug-likeness (QED) is 0.214. The Morgan fingerprint density at radius 3 is 2.11 bits per heavy atom. The van der Waals surface area contributed by atoms with E-state index in [1.165, 1.54) is 101 Å². The first-order chi connectivity index (χ1) is 13.8. The van der Waals surface area contributed by atoms with Crippen LogP contribution in [0.2, 0.25) is 0 Å². The van der Waals surface area contributed by atoms with E-state index in [1.807, 2.05) is 6.08 Å². The zero-order valence-corrected chi connectivity index (χ0v) is 18.4. The zero-order chi connectivity index (χ0) is 19.9. The number of rotatable bonds is 16. The first-order valence-corrected chi connectivity index (χ1v) is 11.9. The van der Waals surface area contributed by atoms with Crippen molar-refractivity contribution < 1.29 is 4.74 Å². The molecule has 0 radical (unpaired) electrons. The van der Waals surface area contributed by atoms with Crippen LogP contribution in [0.5, 0.6) is 5.75 Å². The van der Waals surface area contributed by atoms with E-state index in [2.05, 4.69) is 36.6 Å². The lowest BCUT2D eigenvalue weighted by Crippen LogP contribution is -2.32. The number of nitrogens with zero attached hydrogens (tertiary/aromatic N) is 1. The fourth-order valence-electron chi connectivity index (χ4n) is 4.22. The van der Waals surface area contributed by atoms with Gasteiger partial charge in [-0.1, -0.05) is 102 Å². The molecule has 0 N–H and O–H groups in total. The van der Waals surface area contributed by atoms with Crippen molar-refractivity contribution in [2.45, 2.75) is 103 Å². The lowest BCUT2D eigenvalue weighted by molar-refractivity contribution is 0.106. The van der Waals surface area contributed by atoms with Gasteiger partial charge < -0.3 is 4.74 Å². The minimum atomic E-state index is 0.682. The Morgan fingerprint density at radius 1 is 0.893 bits per heavy atom. The minimum absolute atomic E-state index is 0.682. The topological polar surface area (TPSA) is 12.5 Å². The van der Waals surface area contributed by atoms with E-state index in [-0.39, 0.29) is 0 Å². The normalized spacial score (nSPS) is 13.9. The van der Waals surface area contributed by atoms with Crippen molar-refractivity contribution in [1.29, 1.82) is 0 Å². The van der Waals surface area contributed by atoms with Crippen LogP contribution in [0, 0.1) is 0 Å². The molecule has 1 aliphatic rings. The van der Waals surface area contributed by atoms with Crippen molar-refractivity contribution in [3.63, 3.8) is 0 Å². The average Bonchev–Trinajstić information content (AvgIpc) is 2.72. The van der Waals surface area contributed by atoms with Crippen LogP contribution in [0.1, 0.15) is 102 Å². The second-order valence-corrected chi connectivity index (χ2v) is 8.46. The largest absolute Gasteiger partial charge is 0.478 e. The van der Waals surface area contributed by atoms with E-state index in [9.17, 15) is 0 Å². The van der Waals surface area contributed by atoms with Crippen molar-refractivity contribution in [2.24, 2.45) is 0 Å². The molecule has 158 valence electrons. The predicted molar refractivity (Wildman–Crippen MR) is 122 cm³/mol. The molecule has 2 nitrogen and oxygen atoms in total. The standard InChI is InChI=1S/C26H43NO/c1-3-5-6-7-8-9-10-11-12-13-14-15-16-18-24-19-17-20-26-25(24)22-27(21-4-2)23-28-26/h4,17,19-20H,2-3,5-16,18,21-23H2,1H3. The van der Waals surface area contributed by atoms with Gasteiger partial charge in [-0.3, -0.25) is 4.90 Å². The molecule has 0 aromatic heterocycles. The Morgan fingerprint density at radius 2 is 1.50 bits per heavy atom. The summed E-state index contributed by atoms with van der Waals surface area (Å²) in [6.07, 6.45) is 21.5. The third-order valence-electron chi connectivity index (χ3n) is 5.95. The number of benzene rings is 1. The van der Waals surface area contributed by atoms with Crippen LogP contribution in [0.25, 0.3) is 0 Å². The van der Waals surface area contributed by atoms with Gasteiger partial charge in [0.05, 0.1) is 0 Å². The van der Waals surface area contributed by atoms with Crippen LogP contribution >= 0.6 is 0 Å². The third kappa shape index (κ3) is 8.82. The molecule has 0 fully saturated rings. The van der Waals surface area contributed by atoms with Crippen LogP contribution in [0.15, 0.2) is 30.9 Å². The van der Waals surface area contributed by atoms with Crippen molar-refractivity contribution >= 4 is 0 Å². The molecular formula is C26H43NO. The van der Waals surface area contributed by atoms with E-state index < -0.39 is 0 Å². The molecular weight excluding hydrogens is 342 g/mol. The average molecular weight is 386 g/mol. The summed E-state index contributed by atoms with van der Waals surface area (Å²) in [6, 6.07) is 6.56. The Labute approximate surface area is 174 Å². The highest BCUT2D eigenvalue weighted by Gasteiger charge is 2.18. The van der Waals surface area contributed by atoms with Crippen LogP contribution in [-0.2, 0) is 13.0 Å². The molecule has 0 saturated carbocycles. The molecule has 0 spiro atoms. The maximum Gasteiger partial charge on any atom is 0.142 e. The van der Waals surface area contributed by atoms with Gasteiger partial charge in [-0.05, 0) is 24.5 Å². The first kappa shape index (κ1) is 23.0. The molecule has 1 aromatic rings. The van der Waals surface area contributed by atoms with E-state index in [4.69, 9.17) is 4.74 Å². The summed E-state index contributed by atoms with van der Waals surface area (Å²) in [6.45, 7) is 8.72. The van der Waals surface area contributed by atoms with Crippen molar-refractivity contribution in [3.8, 4) is 5.75 Å². The van der Waals surface area contributed by atoms with Crippen molar-refractivity contribution in [3.05, 3.63) is 42.0 Å². The van der Waals surface area contributed by atoms with Crippen LogP contribution in [0.3, 0.4) is 0 Å². The maximum absolute atomic E-state index is 5.93. The zero-order valence-electron chi connectivity index (χ0n) is 18.4. The molecule has 2 heteroatoms. The lowest BCUT2D eigenvalue weighted by atomic mass is 9.98. The van der Waals surface area contributed by atoms with Gasteiger partial charge >= 0.3 is 0 Å². The summed E-state index contributed by atoms with van der Waals surface area (Å²) in [4.78, 5) is 2.31. The number of fused-ring (bicyclic) bond motifs is 1. The van der Waals surface area contributed by atoms with Crippen molar-refractivity contribution in [1.82, 2.24) is 4.90 Å². The molecule has 0 saturated heterocycles. The van der Waals surface area contributed by atoms with Gasteiger partial charge in [-0.2, -0.15) is 0 Å². The first-order valence-electron chi connectivity index (χ1n) is 11.9. The summed E-state index contributed by atoms with van der Waals surface area (Å²) in [5.41, 5.74) is 2.88. The summed E-state index contributed by atoms with van der Waals surface area (Å²) in [5.74, 6) is 1.09. The summed E-state index contributed by atoms with van der Waals surface area (Å²) in [7, 11) is 0. The second kappa shape index (κ2) is 14.7. The number of hydrogen-bond acceptors (Lipinski definition) is 2. The van der Waals surface area contributed by atoms with Gasteiger partial charge in [-0.25, -0.2) is 0 Å². The Bertz CT molecular complexity index is 539. The van der Waals surface area contributed by atoms with Gasteiger partial charge in [0, 0.05) is 18.7 Å². The van der Waals surface area contributed by atoms with Gasteiger partial charge in [0.25, 0.3) is 0 Å². The van der Waals surface area contributed by atoms with Crippen molar-refractivity contribution in [2.75, 3.05) is 13.3 Å². The smallest absolute Gasteiger partial charge is 0.142 e. The van der Waals surface area contributed by atoms with Gasteiger partial charge in [0.1, 0.15) is 12.5 Å². The number of aryl methyl sites for hydroxylation is 1. The van der Waals surface area contributed by atoms with Crippen LogP contribution < -0.4 is 4.74 Å². The molecule has 0 aliphatic carbocycles. The highest BCUT2D eigenvalue weighted by molar-refractivity contribution is 5.41. The highest BCUT2D eigenvalue weighted by atomic mass is 16.5. The molecule has 0 atom stereocenters. The molecule has 0 bridgehead atoms. The number of ether oxygens (including phenoxy) is 1. The van der Waals surface area contributed by atoms with Gasteiger partial charge in [0.2, 0.25) is 0 Å². The molecule has 28 heavy (non-hydrogen) atoms. The summed E-state index contributed by atoms with van der Waals surface area (Å²) in [5, 5.41) is 0. The number of hydrogen-bond donors (Lipinski definition) is 0. The van der Waals surface area contributed by atoms with E-state index in [0.717, 1.165) is 18.8 Å². The molecule has 1 heterocycles. The van der Waals surface area contributed by atoms with Crippen LogP contribution in [-0.4, -0.2) is 18.2 Å². The maximum atomic E-state index is 5.93. The summed E-state index contributed by atoms with van der Waals surface area (Å²) >= 11 is 0. The SMILES string of the molecule is C=CCN1COc2cccc(CCCCCCCCCCCCCCC)c2C1. The van der Waals surface area contributed by atoms with E-state index in [1.54, 1.807) is 0 Å². The molecule has 1 aliphatic heterocycles. The fraction of sp³-hybridized carbons (Fsp3) is 0.692. The Kier molecular flexibility index (Phi) is 12.1. The van der Waals surface area contributed by atoms with Gasteiger partial charge in [0.15, 0.2) is 0 Å². The highest BCUT2D eigenvalue weighted by Crippen LogP contribution is 2.29. The monoisotopic (exact) mass is 385 g/mol. The lowest BCUT2D eigenvalue weighted by Gasteiger charge is -2.29. The predicted octanol–water partition coefficient (Wildman–Crippen LogP) is 7.66. The third-order valence-corrected chi connectivity index (χ3v) is 5.95. The molecule has 0 amide bonds. The second-order valence-electron chi connectivity index (χ2n) is 8.46. The molecule has 0 unspecified atom stereocenters. The summed E-state index contributed by atoms with van der Waals surface area (Å²) < 4.78 is 5.93. The van der Waals surface area contributed by atoms with Gasteiger partial charge in [-0.15, -0.1) is 6.58 Å². The number of unbranched alkanes of at least 4 members (excludes halogenated alkanes) is 12. The fourth-order valence-corrected chi connectivity index (χ4v) is 4.22. The van der Waals surface area contributed by atoms with Crippen LogP contribution in [0.4, 0.5) is 0 Å². The van der Waals surface area contributed by atoms with E-state index in [0.29, 0.717) is 6.73 Å². The molecule has 1 aromatic carbocycles. The minimum Gasteiger partial charge on any atom is -0.478 e. The Balaban J connectivity index is 1.52. The Hall–Kier alpha value is -1.28. The van der Waals surface area contributed by atoms with E-state index >= 15 is 0 Å².